The highest BCUT2D eigenvalue weighted by Gasteiger charge is 2.42. The Kier molecular flexibility index (Phi) is 12.0. The molecule has 194 valence electrons. The van der Waals surface area contributed by atoms with Crippen LogP contribution in [0.15, 0.2) is 42.5 Å². The van der Waals surface area contributed by atoms with E-state index >= 15 is 0 Å². The van der Waals surface area contributed by atoms with Crippen molar-refractivity contribution in [2.75, 3.05) is 23.9 Å². The maximum Gasteiger partial charge on any atom is 0.127 e. The molecule has 1 aliphatic heterocycles. The van der Waals surface area contributed by atoms with Crippen LogP contribution in [0.5, 0.6) is 17.2 Å². The minimum Gasteiger partial charge on any atom is -0.508 e. The van der Waals surface area contributed by atoms with E-state index in [1.807, 2.05) is 30.0 Å². The van der Waals surface area contributed by atoms with E-state index in [1.54, 1.807) is 24.3 Å². The van der Waals surface area contributed by atoms with E-state index in [0.29, 0.717) is 6.61 Å². The van der Waals surface area contributed by atoms with Crippen molar-refractivity contribution in [3.63, 3.8) is 0 Å². The Balaban J connectivity index is 1.42. The predicted molar refractivity (Wildman–Crippen MR) is 153 cm³/mol. The second-order valence-corrected chi connectivity index (χ2v) is 12.5. The third-order valence-electron chi connectivity index (χ3n) is 7.02. The van der Waals surface area contributed by atoms with Gasteiger partial charge in [0.1, 0.15) is 17.2 Å². The topological polar surface area (TPSA) is 49.7 Å². The zero-order valence-corrected chi connectivity index (χ0v) is 23.3. The highest BCUT2D eigenvalue weighted by molar-refractivity contribution is 7.99. The summed E-state index contributed by atoms with van der Waals surface area (Å²) in [6.45, 7) is 5.09. The summed E-state index contributed by atoms with van der Waals surface area (Å²) in [5, 5.41) is 20.0. The molecule has 0 bridgehead atoms. The number of rotatable bonds is 16. The van der Waals surface area contributed by atoms with E-state index in [2.05, 4.69) is 25.6 Å². The monoisotopic (exact) mass is 516 g/mol. The van der Waals surface area contributed by atoms with Crippen molar-refractivity contribution < 1.29 is 14.9 Å². The molecule has 1 aliphatic rings. The van der Waals surface area contributed by atoms with Gasteiger partial charge in [-0.2, -0.15) is 23.5 Å². The molecule has 2 aromatic rings. The number of phenolic OH excluding ortho intramolecular Hbond substituents is 2. The van der Waals surface area contributed by atoms with E-state index in [9.17, 15) is 10.2 Å². The molecule has 5 heteroatoms. The summed E-state index contributed by atoms with van der Waals surface area (Å²) in [6, 6.07) is 13.1. The van der Waals surface area contributed by atoms with Crippen LogP contribution in [0.2, 0.25) is 0 Å². The fourth-order valence-corrected chi connectivity index (χ4v) is 7.38. The Labute approximate surface area is 221 Å². The van der Waals surface area contributed by atoms with Crippen LogP contribution in [0.4, 0.5) is 0 Å². The standard InChI is InChI=1S/C30H44O3S2/c1-3-4-10-19-34-20-11-8-6-5-7-9-12-21-35-29-27-18-17-26(32)22-28(27)33-23-30(29,2)24-13-15-25(31)16-14-24/h13-18,22,29,31-32H,3-12,19-21,23H2,1-2H3. The van der Waals surface area contributed by atoms with Gasteiger partial charge in [0.15, 0.2) is 0 Å². The summed E-state index contributed by atoms with van der Waals surface area (Å²) in [7, 11) is 0. The fraction of sp³-hybridized carbons (Fsp3) is 0.600. The highest BCUT2D eigenvalue weighted by Crippen LogP contribution is 2.53. The molecule has 2 atom stereocenters. The van der Waals surface area contributed by atoms with Gasteiger partial charge in [0.2, 0.25) is 0 Å². The van der Waals surface area contributed by atoms with E-state index < -0.39 is 0 Å². The number of unbranched alkanes of at least 4 members (excludes halogenated alkanes) is 8. The van der Waals surface area contributed by atoms with Crippen LogP contribution in [0.25, 0.3) is 0 Å². The molecule has 0 radical (unpaired) electrons. The minimum atomic E-state index is -0.198. The normalized spacial score (nSPS) is 19.3. The second-order valence-electron chi connectivity index (χ2n) is 10.0. The van der Waals surface area contributed by atoms with Crippen LogP contribution < -0.4 is 4.74 Å². The maximum atomic E-state index is 9.94. The van der Waals surface area contributed by atoms with Gasteiger partial charge in [-0.25, -0.2) is 0 Å². The van der Waals surface area contributed by atoms with Crippen LogP contribution in [-0.4, -0.2) is 34.1 Å². The molecule has 0 spiro atoms. The molecule has 0 fully saturated rings. The lowest BCUT2D eigenvalue weighted by atomic mass is 9.76. The van der Waals surface area contributed by atoms with Crippen molar-refractivity contribution in [1.29, 1.82) is 0 Å². The number of phenols is 2. The maximum absolute atomic E-state index is 9.94. The molecule has 1 heterocycles. The Morgan fingerprint density at radius 3 is 2.09 bits per heavy atom. The SMILES string of the molecule is CCCCCSCCCCCCCCCSC1c2ccc(O)cc2OCC1(C)c1ccc(O)cc1. The Morgan fingerprint density at radius 2 is 1.40 bits per heavy atom. The Bertz CT molecular complexity index is 870. The van der Waals surface area contributed by atoms with Crippen molar-refractivity contribution >= 4 is 23.5 Å². The fourth-order valence-electron chi connectivity index (χ4n) is 4.81. The zero-order valence-electron chi connectivity index (χ0n) is 21.6. The smallest absolute Gasteiger partial charge is 0.127 e. The summed E-state index contributed by atoms with van der Waals surface area (Å²) >= 11 is 4.15. The van der Waals surface area contributed by atoms with Gasteiger partial charge in [0, 0.05) is 22.3 Å². The highest BCUT2D eigenvalue weighted by atomic mass is 32.2. The molecule has 2 unspecified atom stereocenters. The summed E-state index contributed by atoms with van der Waals surface area (Å²) in [6.07, 6.45) is 13.4. The first kappa shape index (κ1) is 28.1. The summed E-state index contributed by atoms with van der Waals surface area (Å²) < 4.78 is 6.12. The quantitative estimate of drug-likeness (QED) is 0.218. The van der Waals surface area contributed by atoms with Crippen LogP contribution in [-0.2, 0) is 5.41 Å². The summed E-state index contributed by atoms with van der Waals surface area (Å²) in [5.74, 6) is 5.13. The van der Waals surface area contributed by atoms with Gasteiger partial charge in [-0.05, 0) is 60.3 Å². The molecule has 3 nitrogen and oxygen atoms in total. The van der Waals surface area contributed by atoms with Gasteiger partial charge < -0.3 is 14.9 Å². The third kappa shape index (κ3) is 8.56. The van der Waals surface area contributed by atoms with Crippen molar-refractivity contribution in [2.45, 2.75) is 88.7 Å². The van der Waals surface area contributed by atoms with Crippen molar-refractivity contribution in [2.24, 2.45) is 0 Å². The van der Waals surface area contributed by atoms with E-state index in [4.69, 9.17) is 4.74 Å². The van der Waals surface area contributed by atoms with E-state index in [1.165, 1.54) is 81.3 Å². The number of thioether (sulfide) groups is 2. The van der Waals surface area contributed by atoms with Crippen LogP contribution in [0.3, 0.4) is 0 Å². The number of hydrogen-bond donors (Lipinski definition) is 2. The average Bonchev–Trinajstić information content (AvgIpc) is 2.86. The van der Waals surface area contributed by atoms with Crippen LogP contribution >= 0.6 is 23.5 Å². The Morgan fingerprint density at radius 1 is 0.800 bits per heavy atom. The molecule has 2 N–H and O–H groups in total. The number of fused-ring (bicyclic) bond motifs is 1. The molecular formula is C30H44O3S2. The van der Waals surface area contributed by atoms with Crippen LogP contribution in [0.1, 0.15) is 94.4 Å². The average molecular weight is 517 g/mol. The number of hydrogen-bond acceptors (Lipinski definition) is 5. The number of benzene rings is 2. The molecule has 35 heavy (non-hydrogen) atoms. The van der Waals surface area contributed by atoms with E-state index in [0.717, 1.165) is 17.1 Å². The van der Waals surface area contributed by atoms with Gasteiger partial charge in [-0.15, -0.1) is 0 Å². The second kappa shape index (κ2) is 14.9. The van der Waals surface area contributed by atoms with Gasteiger partial charge in [-0.1, -0.05) is 77.0 Å². The molecule has 0 aromatic heterocycles. The minimum absolute atomic E-state index is 0.198. The molecule has 0 saturated carbocycles. The van der Waals surface area contributed by atoms with Gasteiger partial charge >= 0.3 is 0 Å². The molecular weight excluding hydrogens is 472 g/mol. The first-order chi connectivity index (χ1) is 17.0. The molecule has 0 aliphatic carbocycles. The third-order valence-corrected chi connectivity index (χ3v) is 9.81. The van der Waals surface area contributed by atoms with Gasteiger partial charge in [0.25, 0.3) is 0 Å². The summed E-state index contributed by atoms with van der Waals surface area (Å²) in [5.41, 5.74) is 2.13. The first-order valence-corrected chi connectivity index (χ1v) is 15.7. The first-order valence-electron chi connectivity index (χ1n) is 13.5. The lowest BCUT2D eigenvalue weighted by Crippen LogP contribution is -2.39. The zero-order chi connectivity index (χ0) is 24.9. The van der Waals surface area contributed by atoms with Crippen molar-refractivity contribution in [1.82, 2.24) is 0 Å². The summed E-state index contributed by atoms with van der Waals surface area (Å²) in [4.78, 5) is 0. The molecule has 0 amide bonds. The largest absolute Gasteiger partial charge is 0.508 e. The lowest BCUT2D eigenvalue weighted by molar-refractivity contribution is 0.196. The number of aromatic hydroxyl groups is 2. The number of ether oxygens (including phenoxy) is 1. The lowest BCUT2D eigenvalue weighted by Gasteiger charge is -2.42. The van der Waals surface area contributed by atoms with Gasteiger partial charge in [-0.3, -0.25) is 0 Å². The predicted octanol–water partition coefficient (Wildman–Crippen LogP) is 8.88. The molecule has 3 rings (SSSR count). The molecule has 2 aromatic carbocycles. The van der Waals surface area contributed by atoms with Gasteiger partial charge in [0.05, 0.1) is 6.61 Å². The Hall–Kier alpha value is -1.46. The van der Waals surface area contributed by atoms with Crippen LogP contribution in [0, 0.1) is 0 Å². The van der Waals surface area contributed by atoms with Crippen molar-refractivity contribution in [3.05, 3.63) is 53.6 Å². The van der Waals surface area contributed by atoms with Crippen molar-refractivity contribution in [3.8, 4) is 17.2 Å². The van der Waals surface area contributed by atoms with E-state index in [-0.39, 0.29) is 22.2 Å². The molecule has 0 saturated heterocycles.